The van der Waals surface area contributed by atoms with E-state index in [1.807, 2.05) is 32.0 Å². The highest BCUT2D eigenvalue weighted by Crippen LogP contribution is 2.36. The van der Waals surface area contributed by atoms with Crippen LogP contribution in [-0.4, -0.2) is 11.8 Å². The molecule has 116 valence electrons. The Morgan fingerprint density at radius 2 is 1.52 bits per heavy atom. The molecule has 3 rings (SSSR count). The number of carbonyl (C=O) groups excluding carboxylic acids is 2. The second-order valence-corrected chi connectivity index (χ2v) is 6.24. The number of halogens is 2. The number of amides is 2. The molecular formula is C18H13Cl2NO2. The van der Waals surface area contributed by atoms with Gasteiger partial charge in [0.15, 0.2) is 0 Å². The monoisotopic (exact) mass is 345 g/mol. The smallest absolute Gasteiger partial charge is 0.268 e. The summed E-state index contributed by atoms with van der Waals surface area (Å²) in [5.74, 6) is -0.941. The molecule has 0 saturated carbocycles. The van der Waals surface area contributed by atoms with Gasteiger partial charge in [0.1, 0.15) is 5.03 Å². The third-order valence-electron chi connectivity index (χ3n) is 3.76. The van der Waals surface area contributed by atoms with Gasteiger partial charge in [-0.15, -0.1) is 0 Å². The van der Waals surface area contributed by atoms with E-state index >= 15 is 0 Å². The molecule has 0 unspecified atom stereocenters. The number of nitrogens with zero attached hydrogens (tertiary/aromatic N) is 1. The Hall–Kier alpha value is -2.10. The molecule has 0 fully saturated rings. The number of carbonyl (C=O) groups is 2. The summed E-state index contributed by atoms with van der Waals surface area (Å²) in [5.41, 5.74) is 3.34. The molecule has 1 heterocycles. The van der Waals surface area contributed by atoms with E-state index in [0.29, 0.717) is 16.3 Å². The highest BCUT2D eigenvalue weighted by Gasteiger charge is 2.39. The largest absolute Gasteiger partial charge is 0.277 e. The average Bonchev–Trinajstić information content (AvgIpc) is 2.72. The van der Waals surface area contributed by atoms with Crippen LogP contribution in [0, 0.1) is 13.8 Å². The minimum Gasteiger partial charge on any atom is -0.268 e. The number of rotatable bonds is 2. The van der Waals surface area contributed by atoms with Crippen molar-refractivity contribution in [3.05, 3.63) is 69.2 Å². The molecule has 0 saturated heterocycles. The summed E-state index contributed by atoms with van der Waals surface area (Å²) in [6, 6.07) is 12.2. The van der Waals surface area contributed by atoms with Gasteiger partial charge in [-0.25, -0.2) is 4.90 Å². The molecule has 0 aliphatic carbocycles. The number of benzene rings is 2. The zero-order chi connectivity index (χ0) is 16.7. The number of hydrogen-bond donors (Lipinski definition) is 0. The molecule has 0 atom stereocenters. The van der Waals surface area contributed by atoms with Gasteiger partial charge in [0.05, 0.1) is 11.3 Å². The fourth-order valence-corrected chi connectivity index (χ4v) is 3.05. The van der Waals surface area contributed by atoms with Crippen LogP contribution in [0.3, 0.4) is 0 Å². The van der Waals surface area contributed by atoms with Crippen LogP contribution in [0.1, 0.15) is 16.7 Å². The highest BCUT2D eigenvalue weighted by atomic mass is 35.5. The lowest BCUT2D eigenvalue weighted by atomic mass is 9.99. The van der Waals surface area contributed by atoms with Crippen LogP contribution in [0.25, 0.3) is 5.57 Å². The van der Waals surface area contributed by atoms with Gasteiger partial charge in [-0.1, -0.05) is 47.0 Å². The molecule has 0 N–H and O–H groups in total. The van der Waals surface area contributed by atoms with Gasteiger partial charge >= 0.3 is 0 Å². The summed E-state index contributed by atoms with van der Waals surface area (Å²) < 4.78 is 0. The quantitative estimate of drug-likeness (QED) is 0.752. The molecule has 0 spiro atoms. The van der Waals surface area contributed by atoms with Crippen molar-refractivity contribution in [1.82, 2.24) is 0 Å². The topological polar surface area (TPSA) is 37.4 Å². The van der Waals surface area contributed by atoms with Crippen molar-refractivity contribution >= 4 is 46.3 Å². The van der Waals surface area contributed by atoms with Crippen LogP contribution >= 0.6 is 23.2 Å². The van der Waals surface area contributed by atoms with E-state index < -0.39 is 11.8 Å². The van der Waals surface area contributed by atoms with Gasteiger partial charge in [0.2, 0.25) is 0 Å². The Kier molecular flexibility index (Phi) is 4.00. The highest BCUT2D eigenvalue weighted by molar-refractivity contribution is 6.60. The summed E-state index contributed by atoms with van der Waals surface area (Å²) in [6.07, 6.45) is 0. The van der Waals surface area contributed by atoms with Crippen molar-refractivity contribution in [3.8, 4) is 0 Å². The molecule has 2 amide bonds. The Morgan fingerprint density at radius 1 is 0.870 bits per heavy atom. The number of imide groups is 1. The first-order chi connectivity index (χ1) is 10.9. The van der Waals surface area contributed by atoms with Crippen molar-refractivity contribution < 1.29 is 9.59 Å². The molecular weight excluding hydrogens is 333 g/mol. The molecule has 1 aliphatic rings. The summed E-state index contributed by atoms with van der Waals surface area (Å²) in [7, 11) is 0. The second-order valence-electron chi connectivity index (χ2n) is 5.43. The summed E-state index contributed by atoms with van der Waals surface area (Å²) in [4.78, 5) is 26.3. The molecule has 1 aliphatic heterocycles. The Balaban J connectivity index is 2.08. The minimum atomic E-state index is -0.519. The van der Waals surface area contributed by atoms with Crippen LogP contribution in [0.2, 0.25) is 5.02 Å². The van der Waals surface area contributed by atoms with E-state index in [4.69, 9.17) is 23.2 Å². The molecule has 0 bridgehead atoms. The van der Waals surface area contributed by atoms with E-state index in [0.717, 1.165) is 16.0 Å². The maximum Gasteiger partial charge on any atom is 0.277 e. The molecule has 0 aromatic heterocycles. The van der Waals surface area contributed by atoms with E-state index in [-0.39, 0.29) is 10.6 Å². The molecule has 5 heteroatoms. The Morgan fingerprint density at radius 3 is 2.13 bits per heavy atom. The first-order valence-corrected chi connectivity index (χ1v) is 7.77. The van der Waals surface area contributed by atoms with Crippen molar-refractivity contribution in [1.29, 1.82) is 0 Å². The standard InChI is InChI=1S/C18H13Cl2NO2/c1-10-3-8-14(11(2)9-10)15-16(20)18(23)21(17(15)22)13-6-4-12(19)5-7-13/h3-9H,1-2H3. The zero-order valence-electron chi connectivity index (χ0n) is 12.6. The van der Waals surface area contributed by atoms with E-state index in [9.17, 15) is 9.59 Å². The fourth-order valence-electron chi connectivity index (χ4n) is 2.66. The third-order valence-corrected chi connectivity index (χ3v) is 4.37. The van der Waals surface area contributed by atoms with E-state index in [2.05, 4.69) is 0 Å². The Bertz CT molecular complexity index is 854. The summed E-state index contributed by atoms with van der Waals surface area (Å²) in [5, 5.41) is 0.471. The fraction of sp³-hybridized carbons (Fsp3) is 0.111. The van der Waals surface area contributed by atoms with Crippen LogP contribution < -0.4 is 4.90 Å². The normalized spacial score (nSPS) is 14.9. The SMILES string of the molecule is Cc1ccc(C2=C(Cl)C(=O)N(c3ccc(Cl)cc3)C2=O)c(C)c1. The Labute approximate surface area is 144 Å². The molecule has 0 radical (unpaired) electrons. The predicted molar refractivity (Wildman–Crippen MR) is 92.6 cm³/mol. The van der Waals surface area contributed by atoms with E-state index in [1.54, 1.807) is 24.3 Å². The summed E-state index contributed by atoms with van der Waals surface area (Å²) >= 11 is 12.0. The molecule has 23 heavy (non-hydrogen) atoms. The first-order valence-electron chi connectivity index (χ1n) is 7.02. The van der Waals surface area contributed by atoms with Gasteiger partial charge in [-0.3, -0.25) is 9.59 Å². The number of anilines is 1. The average molecular weight is 346 g/mol. The van der Waals surface area contributed by atoms with Crippen LogP contribution in [0.15, 0.2) is 47.5 Å². The number of hydrogen-bond acceptors (Lipinski definition) is 2. The van der Waals surface area contributed by atoms with Gasteiger partial charge in [-0.2, -0.15) is 0 Å². The first kappa shape index (κ1) is 15.8. The van der Waals surface area contributed by atoms with Crippen LogP contribution in [0.4, 0.5) is 5.69 Å². The van der Waals surface area contributed by atoms with Crippen molar-refractivity contribution in [3.63, 3.8) is 0 Å². The number of aryl methyl sites for hydroxylation is 2. The molecule has 3 nitrogen and oxygen atoms in total. The maximum absolute atomic E-state index is 12.8. The van der Waals surface area contributed by atoms with Crippen LogP contribution in [-0.2, 0) is 9.59 Å². The maximum atomic E-state index is 12.8. The predicted octanol–water partition coefficient (Wildman–Crippen LogP) is 4.48. The van der Waals surface area contributed by atoms with Crippen molar-refractivity contribution in [2.45, 2.75) is 13.8 Å². The lowest BCUT2D eigenvalue weighted by Gasteiger charge is -2.15. The van der Waals surface area contributed by atoms with Crippen molar-refractivity contribution in [2.75, 3.05) is 4.90 Å². The second kappa shape index (κ2) is 5.84. The zero-order valence-corrected chi connectivity index (χ0v) is 14.1. The van der Waals surface area contributed by atoms with Crippen LogP contribution in [0.5, 0.6) is 0 Å². The molecule has 2 aromatic rings. The van der Waals surface area contributed by atoms with E-state index in [1.165, 1.54) is 0 Å². The van der Waals surface area contributed by atoms with Crippen molar-refractivity contribution in [2.24, 2.45) is 0 Å². The van der Waals surface area contributed by atoms with Gasteiger partial charge in [0.25, 0.3) is 11.8 Å². The molecule has 2 aromatic carbocycles. The lowest BCUT2D eigenvalue weighted by molar-refractivity contribution is -0.119. The lowest BCUT2D eigenvalue weighted by Crippen LogP contribution is -2.31. The minimum absolute atomic E-state index is 0.0584. The summed E-state index contributed by atoms with van der Waals surface area (Å²) in [6.45, 7) is 3.86. The van der Waals surface area contributed by atoms with Gasteiger partial charge in [0, 0.05) is 5.02 Å². The van der Waals surface area contributed by atoms with Gasteiger partial charge in [-0.05, 0) is 49.2 Å². The van der Waals surface area contributed by atoms with Gasteiger partial charge < -0.3 is 0 Å². The third kappa shape index (κ3) is 2.67.